The highest BCUT2D eigenvalue weighted by Gasteiger charge is 2.36. The molecule has 144 valence electrons. The smallest absolute Gasteiger partial charge is 0.265 e. The van der Waals surface area contributed by atoms with Gasteiger partial charge in [0.05, 0.1) is 12.8 Å². The molecule has 0 unspecified atom stereocenters. The molecule has 0 aliphatic carbocycles. The molecule has 0 saturated heterocycles. The fourth-order valence-corrected chi connectivity index (χ4v) is 3.68. The molecule has 3 aromatic rings. The first-order valence-corrected chi connectivity index (χ1v) is 9.41. The maximum absolute atomic E-state index is 13.5. The summed E-state index contributed by atoms with van der Waals surface area (Å²) in [7, 11) is 1.63. The van der Waals surface area contributed by atoms with Gasteiger partial charge in [0.2, 0.25) is 0 Å². The Hall–Kier alpha value is -3.66. The number of aryl methyl sites for hydroxylation is 2. The maximum atomic E-state index is 13.5. The summed E-state index contributed by atoms with van der Waals surface area (Å²) in [5.74, 6) is 0.165. The van der Waals surface area contributed by atoms with Gasteiger partial charge in [-0.15, -0.1) is 0 Å². The molecule has 3 aromatic carbocycles. The highest BCUT2D eigenvalue weighted by atomic mass is 16.5. The van der Waals surface area contributed by atoms with Gasteiger partial charge in [0.25, 0.3) is 11.8 Å². The Labute approximate surface area is 170 Å². The molecule has 4 heteroatoms. The predicted octanol–water partition coefficient (Wildman–Crippen LogP) is 5.04. The minimum atomic E-state index is -0.323. The molecule has 0 saturated carbocycles. The molecular weight excluding hydrogens is 362 g/mol. The second-order valence-corrected chi connectivity index (χ2v) is 7.06. The van der Waals surface area contributed by atoms with Crippen LogP contribution in [0, 0.1) is 13.8 Å². The highest BCUT2D eigenvalue weighted by molar-refractivity contribution is 6.43. The Morgan fingerprint density at radius 2 is 1.48 bits per heavy atom. The van der Waals surface area contributed by atoms with E-state index in [-0.39, 0.29) is 11.8 Å². The van der Waals surface area contributed by atoms with Gasteiger partial charge in [-0.25, -0.2) is 4.90 Å². The molecule has 0 bridgehead atoms. The number of rotatable bonds is 3. The summed E-state index contributed by atoms with van der Waals surface area (Å²) in [6.07, 6.45) is 1.84. The summed E-state index contributed by atoms with van der Waals surface area (Å²) in [6.45, 7) is 3.85. The van der Waals surface area contributed by atoms with Crippen LogP contribution in [0.4, 0.5) is 5.69 Å². The lowest BCUT2D eigenvalue weighted by Crippen LogP contribution is -2.42. The van der Waals surface area contributed by atoms with E-state index in [1.54, 1.807) is 19.2 Å². The van der Waals surface area contributed by atoms with Crippen LogP contribution in [-0.4, -0.2) is 18.9 Å². The van der Waals surface area contributed by atoms with Crippen molar-refractivity contribution in [3.05, 3.63) is 94.5 Å². The second kappa shape index (κ2) is 7.40. The number of methoxy groups -OCH3 is 1. The normalized spacial score (nSPS) is 14.9. The number of carbonyl (C=O) groups excluding carboxylic acids is 2. The average Bonchev–Trinajstić information content (AvgIpc) is 2.73. The van der Waals surface area contributed by atoms with E-state index in [9.17, 15) is 9.59 Å². The molecule has 29 heavy (non-hydrogen) atoms. The molecule has 0 atom stereocenters. The van der Waals surface area contributed by atoms with Crippen LogP contribution in [0.5, 0.6) is 5.75 Å². The maximum Gasteiger partial charge on any atom is 0.265 e. The molecule has 0 radical (unpaired) electrons. The zero-order chi connectivity index (χ0) is 20.5. The molecule has 1 aliphatic rings. The van der Waals surface area contributed by atoms with E-state index in [0.717, 1.165) is 22.4 Å². The lowest BCUT2D eigenvalue weighted by molar-refractivity contribution is -0.112. The van der Waals surface area contributed by atoms with Crippen molar-refractivity contribution in [2.24, 2.45) is 0 Å². The number of imide groups is 1. The van der Waals surface area contributed by atoms with Gasteiger partial charge >= 0.3 is 0 Å². The number of nitrogens with zero attached hydrogens (tertiary/aromatic N) is 1. The molecule has 1 aliphatic heterocycles. The number of para-hydroxylation sites is 1. The van der Waals surface area contributed by atoms with Crippen LogP contribution in [-0.2, 0) is 4.79 Å². The third-order valence-electron chi connectivity index (χ3n) is 5.17. The number of fused-ring (bicyclic) bond motifs is 1. The summed E-state index contributed by atoms with van der Waals surface area (Å²) >= 11 is 0. The third kappa shape index (κ3) is 3.23. The van der Waals surface area contributed by atoms with E-state index in [1.807, 2.05) is 74.5 Å². The molecule has 2 amide bonds. The van der Waals surface area contributed by atoms with Gasteiger partial charge in [0, 0.05) is 11.1 Å². The summed E-state index contributed by atoms with van der Waals surface area (Å²) in [5.41, 5.74) is 4.99. The Morgan fingerprint density at radius 3 is 2.17 bits per heavy atom. The third-order valence-corrected chi connectivity index (χ3v) is 5.17. The Kier molecular flexibility index (Phi) is 4.77. The van der Waals surface area contributed by atoms with E-state index in [4.69, 9.17) is 4.74 Å². The Balaban J connectivity index is 1.90. The van der Waals surface area contributed by atoms with E-state index in [2.05, 4.69) is 0 Å². The Morgan fingerprint density at radius 1 is 0.793 bits per heavy atom. The van der Waals surface area contributed by atoms with Gasteiger partial charge in [-0.05, 0) is 66.4 Å². The van der Waals surface area contributed by atoms with Crippen molar-refractivity contribution in [3.8, 4) is 5.75 Å². The monoisotopic (exact) mass is 383 g/mol. The molecule has 0 fully saturated rings. The number of hydrogen-bond donors (Lipinski definition) is 0. The quantitative estimate of drug-likeness (QED) is 0.470. The van der Waals surface area contributed by atoms with Crippen LogP contribution in [0.15, 0.2) is 66.7 Å². The van der Waals surface area contributed by atoms with E-state index < -0.39 is 0 Å². The predicted molar refractivity (Wildman–Crippen MR) is 115 cm³/mol. The van der Waals surface area contributed by atoms with Gasteiger partial charge in [-0.1, -0.05) is 42.5 Å². The summed E-state index contributed by atoms with van der Waals surface area (Å²) < 4.78 is 5.33. The molecule has 4 rings (SSSR count). The van der Waals surface area contributed by atoms with Crippen molar-refractivity contribution >= 4 is 29.2 Å². The molecular formula is C25H21NO3. The van der Waals surface area contributed by atoms with Gasteiger partial charge in [-0.3, -0.25) is 9.59 Å². The van der Waals surface area contributed by atoms with Crippen LogP contribution in [0.25, 0.3) is 11.6 Å². The first-order chi connectivity index (χ1) is 14.0. The van der Waals surface area contributed by atoms with Crippen molar-refractivity contribution < 1.29 is 14.3 Å². The summed E-state index contributed by atoms with van der Waals surface area (Å²) in [4.78, 5) is 27.9. The van der Waals surface area contributed by atoms with Crippen LogP contribution < -0.4 is 9.64 Å². The van der Waals surface area contributed by atoms with Crippen molar-refractivity contribution in [3.63, 3.8) is 0 Å². The zero-order valence-corrected chi connectivity index (χ0v) is 16.6. The topological polar surface area (TPSA) is 46.6 Å². The lowest BCUT2D eigenvalue weighted by Gasteiger charge is -2.29. The molecule has 0 spiro atoms. The van der Waals surface area contributed by atoms with Crippen molar-refractivity contribution in [2.45, 2.75) is 13.8 Å². The van der Waals surface area contributed by atoms with Crippen LogP contribution in [0.3, 0.4) is 0 Å². The minimum Gasteiger partial charge on any atom is -0.496 e. The van der Waals surface area contributed by atoms with Crippen molar-refractivity contribution in [1.29, 1.82) is 0 Å². The number of hydrogen-bond acceptors (Lipinski definition) is 3. The summed E-state index contributed by atoms with van der Waals surface area (Å²) in [5, 5.41) is 0. The van der Waals surface area contributed by atoms with E-state index in [1.165, 1.54) is 4.90 Å². The lowest BCUT2D eigenvalue weighted by atomic mass is 9.91. The van der Waals surface area contributed by atoms with E-state index >= 15 is 0 Å². The fourth-order valence-electron chi connectivity index (χ4n) is 3.68. The second-order valence-electron chi connectivity index (χ2n) is 7.06. The number of benzene rings is 3. The highest BCUT2D eigenvalue weighted by Crippen LogP contribution is 2.35. The average molecular weight is 383 g/mol. The van der Waals surface area contributed by atoms with Crippen molar-refractivity contribution in [2.75, 3.05) is 12.0 Å². The largest absolute Gasteiger partial charge is 0.496 e. The standard InChI is InChI=1S/C25H21NO3/c1-16-8-4-7-11-22(16)26-24(27)20-10-6-5-9-19(20)21(25(26)28)15-18-12-13-23(29-3)17(2)14-18/h4-15H,1-3H3/b21-15+. The first-order valence-electron chi connectivity index (χ1n) is 9.41. The minimum absolute atomic E-state index is 0.303. The summed E-state index contributed by atoms with van der Waals surface area (Å²) in [6, 6.07) is 20.4. The number of amides is 2. The van der Waals surface area contributed by atoms with E-state index in [0.29, 0.717) is 22.4 Å². The van der Waals surface area contributed by atoms with Crippen LogP contribution in [0.2, 0.25) is 0 Å². The van der Waals surface area contributed by atoms with Gasteiger partial charge in [0.1, 0.15) is 5.75 Å². The number of anilines is 1. The SMILES string of the molecule is COc1ccc(/C=C2/C(=O)N(c3ccccc3C)C(=O)c3ccccc32)cc1C. The molecule has 0 N–H and O–H groups in total. The number of carbonyl (C=O) groups is 2. The molecule has 4 nitrogen and oxygen atoms in total. The van der Waals surface area contributed by atoms with Crippen LogP contribution >= 0.6 is 0 Å². The molecule has 0 aromatic heterocycles. The first kappa shape index (κ1) is 18.7. The zero-order valence-electron chi connectivity index (χ0n) is 16.6. The molecule has 1 heterocycles. The Bertz CT molecular complexity index is 1160. The number of ether oxygens (including phenoxy) is 1. The fraction of sp³-hybridized carbons (Fsp3) is 0.120. The van der Waals surface area contributed by atoms with Gasteiger partial charge < -0.3 is 4.74 Å². The van der Waals surface area contributed by atoms with Crippen molar-refractivity contribution in [1.82, 2.24) is 0 Å². The van der Waals surface area contributed by atoms with Gasteiger partial charge in [0.15, 0.2) is 0 Å². The van der Waals surface area contributed by atoms with Gasteiger partial charge in [-0.2, -0.15) is 0 Å². The van der Waals surface area contributed by atoms with Crippen LogP contribution in [0.1, 0.15) is 32.6 Å².